The van der Waals surface area contributed by atoms with E-state index in [0.717, 1.165) is 4.90 Å². The van der Waals surface area contributed by atoms with E-state index in [0.29, 0.717) is 5.76 Å². The normalized spacial score (nSPS) is 11.9. The number of thioether (sulfide) groups is 1. The van der Waals surface area contributed by atoms with Crippen LogP contribution in [0.4, 0.5) is 5.69 Å². The highest BCUT2D eigenvalue weighted by molar-refractivity contribution is 7.98. The molecule has 2 aromatic rings. The molecule has 7 heteroatoms. The fraction of sp³-hybridized carbons (Fsp3) is 0.214. The zero-order valence-electron chi connectivity index (χ0n) is 11.5. The molecular formula is C14H14N2O4S. The highest BCUT2D eigenvalue weighted by Gasteiger charge is 2.22. The maximum absolute atomic E-state index is 12.3. The Kier molecular flexibility index (Phi) is 4.64. The second kappa shape index (κ2) is 6.45. The van der Waals surface area contributed by atoms with Crippen LogP contribution < -0.4 is 5.32 Å². The van der Waals surface area contributed by atoms with Gasteiger partial charge in [0.25, 0.3) is 11.6 Å². The summed E-state index contributed by atoms with van der Waals surface area (Å²) in [6.45, 7) is 1.75. The van der Waals surface area contributed by atoms with Crippen molar-refractivity contribution in [2.24, 2.45) is 0 Å². The second-order valence-corrected chi connectivity index (χ2v) is 5.23. The van der Waals surface area contributed by atoms with Gasteiger partial charge in [-0.05, 0) is 37.4 Å². The van der Waals surface area contributed by atoms with Crippen LogP contribution in [0.2, 0.25) is 0 Å². The topological polar surface area (TPSA) is 85.4 Å². The van der Waals surface area contributed by atoms with Gasteiger partial charge in [0, 0.05) is 11.0 Å². The van der Waals surface area contributed by atoms with Crippen molar-refractivity contribution in [3.63, 3.8) is 0 Å². The van der Waals surface area contributed by atoms with Crippen molar-refractivity contribution in [2.75, 3.05) is 6.26 Å². The molecule has 1 unspecified atom stereocenters. The number of hydrogen-bond acceptors (Lipinski definition) is 5. The Morgan fingerprint density at radius 2 is 2.19 bits per heavy atom. The molecule has 1 atom stereocenters. The Morgan fingerprint density at radius 3 is 2.76 bits per heavy atom. The van der Waals surface area contributed by atoms with Crippen molar-refractivity contribution in [1.29, 1.82) is 0 Å². The first-order valence-corrected chi connectivity index (χ1v) is 7.42. The number of carbonyl (C=O) groups is 1. The minimum absolute atomic E-state index is 0.0465. The molecule has 0 saturated heterocycles. The molecule has 1 heterocycles. The van der Waals surface area contributed by atoms with Crippen LogP contribution in [0.5, 0.6) is 0 Å². The number of hydrogen-bond donors (Lipinski definition) is 1. The third-order valence-electron chi connectivity index (χ3n) is 2.96. The zero-order valence-corrected chi connectivity index (χ0v) is 12.3. The lowest BCUT2D eigenvalue weighted by atomic mass is 10.1. The molecular weight excluding hydrogens is 292 g/mol. The van der Waals surface area contributed by atoms with Gasteiger partial charge in [-0.3, -0.25) is 14.9 Å². The van der Waals surface area contributed by atoms with E-state index < -0.39 is 10.8 Å². The highest BCUT2D eigenvalue weighted by atomic mass is 32.2. The lowest BCUT2D eigenvalue weighted by molar-refractivity contribution is -0.385. The van der Waals surface area contributed by atoms with E-state index in [4.69, 9.17) is 4.42 Å². The molecule has 0 radical (unpaired) electrons. The lowest BCUT2D eigenvalue weighted by Gasteiger charge is -2.12. The molecule has 0 aliphatic heterocycles. The van der Waals surface area contributed by atoms with E-state index in [1.807, 2.05) is 6.26 Å². The van der Waals surface area contributed by atoms with Crippen LogP contribution >= 0.6 is 11.8 Å². The first-order valence-electron chi connectivity index (χ1n) is 6.19. The van der Waals surface area contributed by atoms with Crippen molar-refractivity contribution in [1.82, 2.24) is 5.32 Å². The minimum atomic E-state index is -0.559. The zero-order chi connectivity index (χ0) is 15.4. The van der Waals surface area contributed by atoms with E-state index in [9.17, 15) is 14.9 Å². The van der Waals surface area contributed by atoms with E-state index in [1.54, 1.807) is 25.1 Å². The minimum Gasteiger partial charge on any atom is -0.467 e. The Hall–Kier alpha value is -2.28. The fourth-order valence-electron chi connectivity index (χ4n) is 1.87. The van der Waals surface area contributed by atoms with Crippen LogP contribution in [0.25, 0.3) is 0 Å². The van der Waals surface area contributed by atoms with Gasteiger partial charge in [0.2, 0.25) is 0 Å². The van der Waals surface area contributed by atoms with Crippen LogP contribution in [0, 0.1) is 10.1 Å². The Morgan fingerprint density at radius 1 is 1.43 bits per heavy atom. The molecule has 1 aromatic carbocycles. The van der Waals surface area contributed by atoms with Gasteiger partial charge in [-0.2, -0.15) is 0 Å². The fourth-order valence-corrected chi connectivity index (χ4v) is 2.31. The summed E-state index contributed by atoms with van der Waals surface area (Å²) < 4.78 is 5.20. The van der Waals surface area contributed by atoms with Crippen molar-refractivity contribution in [3.8, 4) is 0 Å². The van der Waals surface area contributed by atoms with Gasteiger partial charge >= 0.3 is 0 Å². The highest BCUT2D eigenvalue weighted by Crippen LogP contribution is 2.25. The van der Waals surface area contributed by atoms with Gasteiger partial charge in [0.1, 0.15) is 11.3 Å². The number of furan rings is 1. The number of rotatable bonds is 5. The van der Waals surface area contributed by atoms with E-state index in [-0.39, 0.29) is 17.3 Å². The second-order valence-electron chi connectivity index (χ2n) is 4.35. The molecule has 1 aromatic heterocycles. The average Bonchev–Trinajstić information content (AvgIpc) is 3.00. The van der Waals surface area contributed by atoms with Gasteiger partial charge in [0.15, 0.2) is 0 Å². The van der Waals surface area contributed by atoms with Gasteiger partial charge in [-0.15, -0.1) is 11.8 Å². The van der Waals surface area contributed by atoms with Gasteiger partial charge < -0.3 is 9.73 Å². The number of nitro benzene ring substituents is 1. The maximum atomic E-state index is 12.3. The average molecular weight is 306 g/mol. The third kappa shape index (κ3) is 3.43. The summed E-state index contributed by atoms with van der Waals surface area (Å²) in [6, 6.07) is 7.57. The summed E-state index contributed by atoms with van der Waals surface area (Å²) in [4.78, 5) is 23.5. The first kappa shape index (κ1) is 15.1. The van der Waals surface area contributed by atoms with Crippen molar-refractivity contribution >= 4 is 23.4 Å². The Balaban J connectivity index is 2.27. The number of nitrogens with zero attached hydrogens (tertiary/aromatic N) is 1. The molecule has 1 N–H and O–H groups in total. The third-order valence-corrected chi connectivity index (χ3v) is 3.69. The summed E-state index contributed by atoms with van der Waals surface area (Å²) in [5.41, 5.74) is -0.165. The van der Waals surface area contributed by atoms with E-state index >= 15 is 0 Å². The standard InChI is InChI=1S/C14H14N2O4S/c1-9(13-4-3-7-20-13)15-14(17)11-8-10(21-2)5-6-12(11)16(18)19/h3-9H,1-2H3,(H,15,17). The maximum Gasteiger partial charge on any atom is 0.282 e. The number of nitro groups is 1. The van der Waals surface area contributed by atoms with Gasteiger partial charge in [0.05, 0.1) is 17.2 Å². The van der Waals surface area contributed by atoms with Crippen molar-refractivity contribution < 1.29 is 14.1 Å². The smallest absolute Gasteiger partial charge is 0.282 e. The molecule has 0 spiro atoms. The SMILES string of the molecule is CSc1ccc([N+](=O)[O-])c(C(=O)NC(C)c2ccco2)c1. The molecule has 0 bridgehead atoms. The monoisotopic (exact) mass is 306 g/mol. The molecule has 2 rings (SSSR count). The van der Waals surface area contributed by atoms with Crippen LogP contribution in [-0.2, 0) is 0 Å². The predicted molar refractivity (Wildman–Crippen MR) is 79.5 cm³/mol. The van der Waals surface area contributed by atoms with Crippen molar-refractivity contribution in [3.05, 3.63) is 58.0 Å². The number of carbonyl (C=O) groups excluding carboxylic acids is 1. The molecule has 6 nitrogen and oxygen atoms in total. The van der Waals surface area contributed by atoms with Crippen molar-refractivity contribution in [2.45, 2.75) is 17.9 Å². The van der Waals surface area contributed by atoms with Crippen LogP contribution in [0.15, 0.2) is 45.9 Å². The molecule has 0 fully saturated rings. The molecule has 1 amide bonds. The Labute approximate surface area is 125 Å². The van der Waals surface area contributed by atoms with Crippen LogP contribution in [-0.4, -0.2) is 17.1 Å². The van der Waals surface area contributed by atoms with Crippen LogP contribution in [0.1, 0.15) is 29.1 Å². The molecule has 0 aliphatic carbocycles. The number of amides is 1. The lowest BCUT2D eigenvalue weighted by Crippen LogP contribution is -2.27. The summed E-state index contributed by atoms with van der Waals surface area (Å²) in [6.07, 6.45) is 3.35. The predicted octanol–water partition coefficient (Wildman–Crippen LogP) is 3.40. The molecule has 0 aliphatic rings. The Bertz CT molecular complexity index is 655. The quantitative estimate of drug-likeness (QED) is 0.520. The summed E-state index contributed by atoms with van der Waals surface area (Å²) >= 11 is 1.42. The summed E-state index contributed by atoms with van der Waals surface area (Å²) in [5.74, 6) is 0.0912. The summed E-state index contributed by atoms with van der Waals surface area (Å²) in [7, 11) is 0. The molecule has 21 heavy (non-hydrogen) atoms. The largest absolute Gasteiger partial charge is 0.467 e. The summed E-state index contributed by atoms with van der Waals surface area (Å²) in [5, 5.41) is 13.7. The van der Waals surface area contributed by atoms with E-state index in [2.05, 4.69) is 5.32 Å². The molecule has 110 valence electrons. The molecule has 0 saturated carbocycles. The van der Waals surface area contributed by atoms with Gasteiger partial charge in [-0.1, -0.05) is 0 Å². The first-order chi connectivity index (χ1) is 10.0. The number of nitrogens with one attached hydrogen (secondary N) is 1. The van der Waals surface area contributed by atoms with Gasteiger partial charge in [-0.25, -0.2) is 0 Å². The number of benzene rings is 1. The van der Waals surface area contributed by atoms with Crippen LogP contribution in [0.3, 0.4) is 0 Å². The van der Waals surface area contributed by atoms with E-state index in [1.165, 1.54) is 30.2 Å².